The fraction of sp³-hybridized carbons (Fsp3) is 0.333. The Hall–Kier alpha value is -2.50. The largest absolute Gasteiger partial charge is 0.483 e. The molecule has 4 nitrogen and oxygen atoms in total. The summed E-state index contributed by atoms with van der Waals surface area (Å²) in [5.41, 5.74) is 14.0. The van der Waals surface area contributed by atoms with Gasteiger partial charge in [0.15, 0.2) is 0 Å². The summed E-state index contributed by atoms with van der Waals surface area (Å²) in [6.45, 7) is 7.30. The summed E-state index contributed by atoms with van der Waals surface area (Å²) in [5.74, 6) is 0. The fourth-order valence-electron chi connectivity index (χ4n) is 4.03. The third-order valence-corrected chi connectivity index (χ3v) is 7.00. The van der Waals surface area contributed by atoms with E-state index in [1.54, 1.807) is 10.4 Å². The number of aromatic nitrogens is 1. The minimum absolute atomic E-state index is 0.250. The Kier molecular flexibility index (Phi) is 6.50. The van der Waals surface area contributed by atoms with E-state index in [1.165, 1.54) is 40.8 Å². The highest BCUT2D eigenvalue weighted by Crippen LogP contribution is 2.45. The van der Waals surface area contributed by atoms with E-state index in [1.807, 2.05) is 23.6 Å². The van der Waals surface area contributed by atoms with Gasteiger partial charge in [-0.25, -0.2) is 0 Å². The van der Waals surface area contributed by atoms with Gasteiger partial charge >= 0.3 is 0 Å². The van der Waals surface area contributed by atoms with Crippen molar-refractivity contribution in [1.29, 1.82) is 0 Å². The normalized spacial score (nSPS) is 14.5. The van der Waals surface area contributed by atoms with Crippen LogP contribution in [0.1, 0.15) is 42.0 Å². The van der Waals surface area contributed by atoms with Crippen LogP contribution in [0.4, 0.5) is 0 Å². The summed E-state index contributed by atoms with van der Waals surface area (Å²) >= 11 is 1.99. The average Bonchev–Trinajstić information content (AvgIpc) is 3.03. The number of nitrogens with two attached hydrogens (primary N) is 1. The van der Waals surface area contributed by atoms with Crippen LogP contribution in [0.5, 0.6) is 0 Å². The number of hydrogen-bond donors (Lipinski definition) is 2. The van der Waals surface area contributed by atoms with E-state index >= 15 is 0 Å². The molecular weight excluding hydrogens is 380 g/mol. The number of hydrogen-bond acceptors (Lipinski definition) is 4. The molecule has 0 unspecified atom stereocenters. The number of aryl methyl sites for hydroxylation is 1. The molecule has 3 aromatic rings. The number of carbonyl (C=O) groups is 1. The van der Waals surface area contributed by atoms with E-state index in [4.69, 9.17) is 15.6 Å². The van der Waals surface area contributed by atoms with Crippen LogP contribution in [0, 0.1) is 12.3 Å². The Morgan fingerprint density at radius 3 is 2.69 bits per heavy atom. The summed E-state index contributed by atoms with van der Waals surface area (Å²) in [5, 5.41) is 6.89. The maximum atomic E-state index is 8.36. The highest BCUT2D eigenvalue weighted by atomic mass is 32.1. The SMILES string of the molecule is Cc1c(-c2cccc(-c3cccnc3CN)c2)sc2c1CC(C)(C)CC2.O=CO. The number of rotatable bonds is 3. The first-order valence-electron chi connectivity index (χ1n) is 9.84. The molecule has 152 valence electrons. The van der Waals surface area contributed by atoms with Crippen molar-refractivity contribution in [3.63, 3.8) is 0 Å². The van der Waals surface area contributed by atoms with E-state index < -0.39 is 0 Å². The molecule has 0 fully saturated rings. The van der Waals surface area contributed by atoms with Gasteiger partial charge in [-0.15, -0.1) is 11.3 Å². The van der Waals surface area contributed by atoms with Crippen molar-refractivity contribution in [2.24, 2.45) is 11.1 Å². The van der Waals surface area contributed by atoms with Gasteiger partial charge in [-0.2, -0.15) is 0 Å². The third kappa shape index (κ3) is 4.57. The van der Waals surface area contributed by atoms with Crippen LogP contribution >= 0.6 is 11.3 Å². The summed E-state index contributed by atoms with van der Waals surface area (Å²) in [4.78, 5) is 15.8. The van der Waals surface area contributed by atoms with Crippen LogP contribution in [-0.4, -0.2) is 16.6 Å². The van der Waals surface area contributed by atoms with Gasteiger partial charge in [0.1, 0.15) is 0 Å². The number of carboxylic acid groups (broad SMARTS) is 1. The minimum atomic E-state index is -0.250. The van der Waals surface area contributed by atoms with E-state index in [2.05, 4.69) is 56.1 Å². The highest BCUT2D eigenvalue weighted by Gasteiger charge is 2.29. The quantitative estimate of drug-likeness (QED) is 0.564. The third-order valence-electron chi connectivity index (χ3n) is 5.56. The zero-order valence-electron chi connectivity index (χ0n) is 17.2. The second-order valence-corrected chi connectivity index (χ2v) is 9.29. The molecule has 5 heteroatoms. The lowest BCUT2D eigenvalue weighted by atomic mass is 9.76. The Labute approximate surface area is 176 Å². The van der Waals surface area contributed by atoms with E-state index in [0.717, 1.165) is 11.3 Å². The van der Waals surface area contributed by atoms with Gasteiger partial charge in [0.2, 0.25) is 0 Å². The number of benzene rings is 1. The number of nitrogens with zero attached hydrogens (tertiary/aromatic N) is 1. The molecule has 3 N–H and O–H groups in total. The van der Waals surface area contributed by atoms with Crippen LogP contribution < -0.4 is 5.73 Å². The Morgan fingerprint density at radius 1 is 1.24 bits per heavy atom. The van der Waals surface area contributed by atoms with Crippen molar-refractivity contribution in [2.75, 3.05) is 0 Å². The van der Waals surface area contributed by atoms with Crippen LogP contribution in [0.2, 0.25) is 0 Å². The molecule has 0 atom stereocenters. The van der Waals surface area contributed by atoms with Crippen molar-refractivity contribution in [1.82, 2.24) is 4.98 Å². The average molecular weight is 409 g/mol. The van der Waals surface area contributed by atoms with E-state index in [0.29, 0.717) is 12.0 Å². The summed E-state index contributed by atoms with van der Waals surface area (Å²) in [6.07, 6.45) is 5.52. The molecule has 0 aliphatic heterocycles. The maximum absolute atomic E-state index is 8.36. The minimum Gasteiger partial charge on any atom is -0.483 e. The molecule has 29 heavy (non-hydrogen) atoms. The maximum Gasteiger partial charge on any atom is 0.290 e. The van der Waals surface area contributed by atoms with Crippen LogP contribution in [0.3, 0.4) is 0 Å². The molecule has 0 saturated heterocycles. The first-order chi connectivity index (χ1) is 13.9. The molecule has 0 spiro atoms. The lowest BCUT2D eigenvalue weighted by molar-refractivity contribution is -0.122. The van der Waals surface area contributed by atoms with Gasteiger partial charge in [0.05, 0.1) is 5.69 Å². The summed E-state index contributed by atoms with van der Waals surface area (Å²) < 4.78 is 0. The molecule has 0 amide bonds. The summed E-state index contributed by atoms with van der Waals surface area (Å²) in [6, 6.07) is 12.9. The standard InChI is InChI=1S/C23H26N2S.CH2O2/c1-15-19-13-23(2,3)10-9-21(19)26-22(15)17-7-4-6-16(12-17)18-8-5-11-25-20(18)14-24;2-1-3/h4-8,11-12H,9-10,13-14,24H2,1-3H3;1H,(H,2,3). The molecule has 0 radical (unpaired) electrons. The lowest BCUT2D eigenvalue weighted by Gasteiger charge is -2.29. The van der Waals surface area contributed by atoms with Crippen molar-refractivity contribution in [3.05, 3.63) is 64.3 Å². The predicted molar refractivity (Wildman–Crippen MR) is 120 cm³/mol. The van der Waals surface area contributed by atoms with Crippen molar-refractivity contribution in [2.45, 2.75) is 46.6 Å². The molecule has 0 saturated carbocycles. The van der Waals surface area contributed by atoms with Gasteiger partial charge in [0, 0.05) is 28.1 Å². The fourth-order valence-corrected chi connectivity index (χ4v) is 5.35. The molecule has 1 aliphatic carbocycles. The topological polar surface area (TPSA) is 76.2 Å². The van der Waals surface area contributed by atoms with Crippen LogP contribution in [0.15, 0.2) is 42.6 Å². The van der Waals surface area contributed by atoms with Crippen molar-refractivity contribution in [3.8, 4) is 21.6 Å². The molecule has 1 aliphatic rings. The first kappa shape index (κ1) is 21.2. The smallest absolute Gasteiger partial charge is 0.290 e. The van der Waals surface area contributed by atoms with Crippen LogP contribution in [-0.2, 0) is 24.2 Å². The monoisotopic (exact) mass is 408 g/mol. The van der Waals surface area contributed by atoms with Crippen molar-refractivity contribution >= 4 is 17.8 Å². The van der Waals surface area contributed by atoms with Gasteiger partial charge in [-0.1, -0.05) is 38.1 Å². The Morgan fingerprint density at radius 2 is 1.97 bits per heavy atom. The molecule has 4 rings (SSSR count). The number of fused-ring (bicyclic) bond motifs is 1. The van der Waals surface area contributed by atoms with Gasteiger partial charge in [-0.3, -0.25) is 9.78 Å². The zero-order valence-corrected chi connectivity index (χ0v) is 18.1. The summed E-state index contributed by atoms with van der Waals surface area (Å²) in [7, 11) is 0. The van der Waals surface area contributed by atoms with Gasteiger partial charge in [-0.05, 0) is 66.0 Å². The predicted octanol–water partition coefficient (Wildman–Crippen LogP) is 5.46. The van der Waals surface area contributed by atoms with Gasteiger partial charge in [0.25, 0.3) is 6.47 Å². The molecule has 2 aromatic heterocycles. The zero-order chi connectivity index (χ0) is 21.0. The van der Waals surface area contributed by atoms with E-state index in [9.17, 15) is 0 Å². The first-order valence-corrected chi connectivity index (χ1v) is 10.7. The Balaban J connectivity index is 0.000000755. The lowest BCUT2D eigenvalue weighted by Crippen LogP contribution is -2.21. The van der Waals surface area contributed by atoms with Gasteiger partial charge < -0.3 is 10.8 Å². The molecular formula is C24H28N2O2S. The van der Waals surface area contributed by atoms with E-state index in [-0.39, 0.29) is 6.47 Å². The molecule has 0 bridgehead atoms. The molecule has 2 heterocycles. The second kappa shape index (κ2) is 8.89. The highest BCUT2D eigenvalue weighted by molar-refractivity contribution is 7.16. The molecule has 1 aromatic carbocycles. The van der Waals surface area contributed by atoms with Crippen LogP contribution in [0.25, 0.3) is 21.6 Å². The van der Waals surface area contributed by atoms with Crippen molar-refractivity contribution < 1.29 is 9.90 Å². The number of thiophene rings is 1. The Bertz CT molecular complexity index is 1010. The number of pyridine rings is 1. The second-order valence-electron chi connectivity index (χ2n) is 8.19.